The highest BCUT2D eigenvalue weighted by molar-refractivity contribution is 7.99. The molecule has 0 aliphatic rings. The molecule has 8 heteroatoms. The molecule has 182 valence electrons. The van der Waals surface area contributed by atoms with Gasteiger partial charge in [0.1, 0.15) is 0 Å². The van der Waals surface area contributed by atoms with Crippen molar-refractivity contribution in [3.05, 3.63) is 94.5 Å². The first-order chi connectivity index (χ1) is 18.7. The second kappa shape index (κ2) is 11.8. The molecule has 0 amide bonds. The van der Waals surface area contributed by atoms with Crippen LogP contribution in [0.5, 0.6) is 0 Å². The van der Waals surface area contributed by atoms with E-state index in [4.69, 9.17) is 4.11 Å². The standard InChI is InChI=1S/C28H28N6OS/c1-20(34-27(35)12-11-26(32-34)23-9-4-7-21(15-23)17-29)22-8-5-10-24(16-22)28-30-18-25(19-31-28)36-14-6-13-33(2)3/h4-5,7-12,15-16,18-20H,6,13-14H2,1-3H3/t20-/m1/s1/i1D3. The Balaban J connectivity index is 1.65. The van der Waals surface area contributed by atoms with Crippen molar-refractivity contribution in [1.29, 1.82) is 5.26 Å². The first-order valence-corrected chi connectivity index (χ1v) is 12.4. The molecule has 0 aliphatic heterocycles. The van der Waals surface area contributed by atoms with Gasteiger partial charge in [0.25, 0.3) is 5.56 Å². The Labute approximate surface area is 219 Å². The third-order valence-corrected chi connectivity index (χ3v) is 6.50. The molecule has 7 nitrogen and oxygen atoms in total. The van der Waals surface area contributed by atoms with Crippen LogP contribution in [0.15, 0.2) is 82.7 Å². The molecule has 0 bridgehead atoms. The Morgan fingerprint density at radius 1 is 1.08 bits per heavy atom. The van der Waals surface area contributed by atoms with Crippen LogP contribution in [0.3, 0.4) is 0 Å². The molecule has 0 saturated carbocycles. The summed E-state index contributed by atoms with van der Waals surface area (Å²) in [6.45, 7) is -1.56. The third-order valence-electron chi connectivity index (χ3n) is 5.46. The second-order valence-corrected chi connectivity index (χ2v) is 9.64. The molecule has 2 aromatic heterocycles. The number of benzene rings is 2. The fourth-order valence-corrected chi connectivity index (χ4v) is 4.38. The van der Waals surface area contributed by atoms with Crippen LogP contribution in [0.4, 0.5) is 0 Å². The average molecular weight is 500 g/mol. The van der Waals surface area contributed by atoms with E-state index in [0.29, 0.717) is 33.8 Å². The molecule has 2 aromatic carbocycles. The van der Waals surface area contributed by atoms with Crippen molar-refractivity contribution in [2.45, 2.75) is 24.2 Å². The number of rotatable bonds is 9. The van der Waals surface area contributed by atoms with Gasteiger partial charge in [-0.1, -0.05) is 30.3 Å². The summed E-state index contributed by atoms with van der Waals surface area (Å²) in [5.41, 5.74) is 1.90. The normalized spacial score (nSPS) is 13.4. The number of hydrogen-bond donors (Lipinski definition) is 0. The van der Waals surface area contributed by atoms with Gasteiger partial charge in [-0.05, 0) is 69.5 Å². The molecule has 1 atom stereocenters. The minimum absolute atomic E-state index is 0.385. The van der Waals surface area contributed by atoms with Gasteiger partial charge in [-0.15, -0.1) is 11.8 Å². The van der Waals surface area contributed by atoms with Crippen molar-refractivity contribution in [2.75, 3.05) is 26.4 Å². The molecule has 4 rings (SSSR count). The highest BCUT2D eigenvalue weighted by atomic mass is 32.2. The fourth-order valence-electron chi connectivity index (χ4n) is 3.61. The molecular formula is C28H28N6OS. The predicted molar refractivity (Wildman–Crippen MR) is 144 cm³/mol. The van der Waals surface area contributed by atoms with Crippen LogP contribution in [0, 0.1) is 11.3 Å². The Kier molecular flexibility index (Phi) is 7.01. The maximum atomic E-state index is 12.9. The van der Waals surface area contributed by atoms with E-state index in [1.54, 1.807) is 72.7 Å². The van der Waals surface area contributed by atoms with Crippen molar-refractivity contribution in [2.24, 2.45) is 0 Å². The lowest BCUT2D eigenvalue weighted by Crippen LogP contribution is -2.26. The second-order valence-electron chi connectivity index (χ2n) is 8.47. The van der Waals surface area contributed by atoms with Gasteiger partial charge >= 0.3 is 0 Å². The maximum absolute atomic E-state index is 12.9. The van der Waals surface area contributed by atoms with Crippen molar-refractivity contribution < 1.29 is 4.11 Å². The van der Waals surface area contributed by atoms with Crippen molar-refractivity contribution >= 4 is 11.8 Å². The van der Waals surface area contributed by atoms with Crippen molar-refractivity contribution in [3.8, 4) is 28.7 Å². The molecule has 4 aromatic rings. The molecule has 0 radical (unpaired) electrons. The van der Waals surface area contributed by atoms with Gasteiger partial charge in [0, 0.05) is 38.6 Å². The Morgan fingerprint density at radius 3 is 2.61 bits per heavy atom. The van der Waals surface area contributed by atoms with Crippen LogP contribution in [0.1, 0.15) is 34.6 Å². The van der Waals surface area contributed by atoms with Gasteiger partial charge in [-0.25, -0.2) is 14.6 Å². The van der Waals surface area contributed by atoms with Crippen LogP contribution in [-0.4, -0.2) is 51.0 Å². The summed E-state index contributed by atoms with van der Waals surface area (Å²) in [5, 5.41) is 13.7. The molecule has 0 aliphatic carbocycles. The highest BCUT2D eigenvalue weighted by Gasteiger charge is 2.14. The highest BCUT2D eigenvalue weighted by Crippen LogP contribution is 2.25. The zero-order valence-electron chi connectivity index (χ0n) is 23.1. The topological polar surface area (TPSA) is 87.7 Å². The lowest BCUT2D eigenvalue weighted by molar-refractivity contribution is 0.410. The van der Waals surface area contributed by atoms with Gasteiger partial charge in [0.15, 0.2) is 5.82 Å². The largest absolute Gasteiger partial charge is 0.309 e. The Hall–Kier alpha value is -3.80. The summed E-state index contributed by atoms with van der Waals surface area (Å²) < 4.78 is 25.8. The smallest absolute Gasteiger partial charge is 0.267 e. The van der Waals surface area contributed by atoms with E-state index in [9.17, 15) is 10.1 Å². The minimum atomic E-state index is -2.57. The molecule has 2 heterocycles. The molecule has 0 spiro atoms. The zero-order valence-corrected chi connectivity index (χ0v) is 20.9. The Bertz CT molecular complexity index is 1530. The van der Waals surface area contributed by atoms with Gasteiger partial charge in [0.05, 0.1) is 23.4 Å². The minimum Gasteiger partial charge on any atom is -0.309 e. The van der Waals surface area contributed by atoms with Gasteiger partial charge < -0.3 is 4.90 Å². The van der Waals surface area contributed by atoms with Crippen LogP contribution in [0.2, 0.25) is 0 Å². The van der Waals surface area contributed by atoms with E-state index in [2.05, 4.69) is 26.0 Å². The molecule has 0 fully saturated rings. The third kappa shape index (κ3) is 6.25. The number of thioether (sulfide) groups is 1. The SMILES string of the molecule is [2H]C([2H])([2H])[C@H](c1cccc(-c2ncc(SCCCN(C)C)cn2)c1)n1nc(-c2cccc(C#N)c2)ccc1=O. The quantitative estimate of drug-likeness (QED) is 0.239. The first-order valence-electron chi connectivity index (χ1n) is 13.0. The van der Waals surface area contributed by atoms with Crippen LogP contribution < -0.4 is 5.56 Å². The summed E-state index contributed by atoms with van der Waals surface area (Å²) in [7, 11) is 4.09. The lowest BCUT2D eigenvalue weighted by atomic mass is 10.0. The first kappa shape index (κ1) is 21.5. The van der Waals surface area contributed by atoms with E-state index >= 15 is 0 Å². The van der Waals surface area contributed by atoms with Gasteiger partial charge in [-0.3, -0.25) is 4.79 Å². The van der Waals surface area contributed by atoms with E-state index < -0.39 is 18.5 Å². The van der Waals surface area contributed by atoms with Gasteiger partial charge in [-0.2, -0.15) is 10.4 Å². The summed E-state index contributed by atoms with van der Waals surface area (Å²) in [6, 6.07) is 17.2. The van der Waals surface area contributed by atoms with E-state index in [0.717, 1.165) is 28.3 Å². The van der Waals surface area contributed by atoms with E-state index in [-0.39, 0.29) is 0 Å². The van der Waals surface area contributed by atoms with Crippen LogP contribution >= 0.6 is 11.8 Å². The van der Waals surface area contributed by atoms with Gasteiger partial charge in [0.2, 0.25) is 0 Å². The lowest BCUT2D eigenvalue weighted by Gasteiger charge is -2.16. The van der Waals surface area contributed by atoms with E-state index in [1.807, 2.05) is 14.1 Å². The molecule has 36 heavy (non-hydrogen) atoms. The fraction of sp³-hybridized carbons (Fsp3) is 0.250. The zero-order chi connectivity index (χ0) is 28.0. The molecule has 0 N–H and O–H groups in total. The van der Waals surface area contributed by atoms with Crippen molar-refractivity contribution in [1.82, 2.24) is 24.6 Å². The van der Waals surface area contributed by atoms with Crippen molar-refractivity contribution in [3.63, 3.8) is 0 Å². The van der Waals surface area contributed by atoms with Crippen LogP contribution in [-0.2, 0) is 0 Å². The molecular weight excluding hydrogens is 468 g/mol. The van der Waals surface area contributed by atoms with E-state index in [1.165, 1.54) is 12.1 Å². The maximum Gasteiger partial charge on any atom is 0.267 e. The Morgan fingerprint density at radius 2 is 1.86 bits per heavy atom. The van der Waals surface area contributed by atoms with Crippen LogP contribution in [0.25, 0.3) is 22.6 Å². The summed E-state index contributed by atoms with van der Waals surface area (Å²) in [5.74, 6) is 1.42. The summed E-state index contributed by atoms with van der Waals surface area (Å²) in [4.78, 5) is 25.0. The summed E-state index contributed by atoms with van der Waals surface area (Å²) in [6.07, 6.45) is 4.58. The number of hydrogen-bond acceptors (Lipinski definition) is 7. The number of nitriles is 1. The summed E-state index contributed by atoms with van der Waals surface area (Å²) >= 11 is 1.69. The molecule has 0 saturated heterocycles. The monoisotopic (exact) mass is 499 g/mol. The number of nitrogens with zero attached hydrogens (tertiary/aromatic N) is 6. The molecule has 0 unspecified atom stereocenters. The average Bonchev–Trinajstić information content (AvgIpc) is 2.92. The predicted octanol–water partition coefficient (Wildman–Crippen LogP) is 4.89. The number of aromatic nitrogens is 4.